The third-order valence-corrected chi connectivity index (χ3v) is 17.4. The molecule has 2 fully saturated rings. The number of piperazine rings is 2. The number of aryl methyl sites for hydroxylation is 2. The Bertz CT molecular complexity index is 2950. The molecule has 2 heterocycles. The van der Waals surface area contributed by atoms with Crippen molar-refractivity contribution >= 4 is 38.0 Å². The molecule has 6 atom stereocenters. The van der Waals surface area contributed by atoms with Crippen LogP contribution in [-0.2, 0) is 47.2 Å². The van der Waals surface area contributed by atoms with E-state index in [1.54, 1.807) is 76.2 Å². The number of ether oxygens (including phenoxy) is 3. The predicted octanol–water partition coefficient (Wildman–Crippen LogP) is 7.20. The number of hydrogen-bond acceptors (Lipinski definition) is 13. The number of amides is 3. The monoisotopic (exact) mass is 1170 g/mol. The third kappa shape index (κ3) is 20.3. The maximum Gasteiger partial charge on any atom is 0.410 e. The van der Waals surface area contributed by atoms with Crippen LogP contribution in [0.4, 0.5) is 13.6 Å². The maximum atomic E-state index is 14.6. The molecule has 2 saturated heterocycles. The summed E-state index contributed by atoms with van der Waals surface area (Å²) in [4.78, 5) is 39.2. The molecule has 81 heavy (non-hydrogen) atoms. The molecule has 2 aliphatic heterocycles. The van der Waals surface area contributed by atoms with E-state index in [1.807, 2.05) is 13.0 Å². The summed E-state index contributed by atoms with van der Waals surface area (Å²) in [6.07, 6.45) is 2.59. The summed E-state index contributed by atoms with van der Waals surface area (Å²) in [5.74, 6) is -1.08. The van der Waals surface area contributed by atoms with Crippen LogP contribution in [0.5, 0.6) is 11.5 Å². The van der Waals surface area contributed by atoms with Crippen molar-refractivity contribution in [1.29, 1.82) is 0 Å². The average Bonchev–Trinajstić information content (AvgIpc) is 3.54. The molecular weight excluding hydrogens is 1090 g/mol. The number of nitrogens with one attached hydrogen (secondary N) is 3. The lowest BCUT2D eigenvalue weighted by Crippen LogP contribution is -2.64. The highest BCUT2D eigenvalue weighted by molar-refractivity contribution is 7.89. The summed E-state index contributed by atoms with van der Waals surface area (Å²) in [6, 6.07) is 18.3. The number of nitrogens with zero attached hydrogens (tertiary/aromatic N) is 3. The summed E-state index contributed by atoms with van der Waals surface area (Å²) < 4.78 is 102. The van der Waals surface area contributed by atoms with Crippen LogP contribution in [-0.4, -0.2) is 153 Å². The van der Waals surface area contributed by atoms with Gasteiger partial charge in [0, 0.05) is 71.3 Å². The van der Waals surface area contributed by atoms with Crippen LogP contribution in [0.1, 0.15) is 109 Å². The molecule has 448 valence electrons. The summed E-state index contributed by atoms with van der Waals surface area (Å²) >= 11 is 0. The number of benzene rings is 4. The van der Waals surface area contributed by atoms with Crippen LogP contribution in [0.25, 0.3) is 0 Å². The number of hydrogen-bond donors (Lipinski definition) is 5. The molecule has 3 amide bonds. The van der Waals surface area contributed by atoms with E-state index in [9.17, 15) is 50.2 Å². The average molecular weight is 1170 g/mol. The first-order valence-electron chi connectivity index (χ1n) is 27.8. The Labute approximate surface area is 478 Å². The van der Waals surface area contributed by atoms with Crippen LogP contribution in [0, 0.1) is 25.5 Å². The summed E-state index contributed by atoms with van der Waals surface area (Å²) in [5.41, 5.74) is 1.77. The van der Waals surface area contributed by atoms with Crippen LogP contribution < -0.4 is 25.4 Å². The summed E-state index contributed by atoms with van der Waals surface area (Å²) in [6.45, 7) is 16.7. The van der Waals surface area contributed by atoms with Gasteiger partial charge in [-0.3, -0.25) is 14.5 Å². The molecule has 6 rings (SSSR count). The second-order valence-corrected chi connectivity index (χ2v) is 25.7. The van der Waals surface area contributed by atoms with Crippen molar-refractivity contribution in [2.75, 3.05) is 52.5 Å². The Morgan fingerprint density at radius 3 is 1.58 bits per heavy atom. The molecule has 4 aromatic carbocycles. The summed E-state index contributed by atoms with van der Waals surface area (Å²) in [5, 5.41) is 31.7. The first-order chi connectivity index (χ1) is 38.2. The van der Waals surface area contributed by atoms with E-state index in [0.717, 1.165) is 49.7 Å². The zero-order valence-electron chi connectivity index (χ0n) is 48.3. The van der Waals surface area contributed by atoms with Crippen molar-refractivity contribution in [3.8, 4) is 11.5 Å². The Balaban J connectivity index is 0.000000302. The highest BCUT2D eigenvalue weighted by atomic mass is 32.2. The van der Waals surface area contributed by atoms with Gasteiger partial charge in [-0.25, -0.2) is 30.4 Å². The molecule has 0 saturated carbocycles. The maximum absolute atomic E-state index is 14.6. The topological polar surface area (TPSA) is 233 Å². The zero-order chi connectivity index (χ0) is 59.7. The van der Waals surface area contributed by atoms with Gasteiger partial charge in [0.15, 0.2) is 0 Å². The molecule has 4 aromatic rings. The number of carbonyl (C=O) groups excluding carboxylic acids is 3. The largest absolute Gasteiger partial charge is 0.493 e. The number of halogens is 2. The van der Waals surface area contributed by atoms with E-state index in [2.05, 4.69) is 29.8 Å². The molecule has 0 radical (unpaired) electrons. The van der Waals surface area contributed by atoms with E-state index in [-0.39, 0.29) is 61.3 Å². The van der Waals surface area contributed by atoms with Gasteiger partial charge in [0.25, 0.3) is 0 Å². The van der Waals surface area contributed by atoms with Gasteiger partial charge in [-0.1, -0.05) is 63.8 Å². The minimum Gasteiger partial charge on any atom is -0.493 e. The van der Waals surface area contributed by atoms with Gasteiger partial charge >= 0.3 is 6.09 Å². The minimum absolute atomic E-state index is 0.00683. The quantitative estimate of drug-likeness (QED) is 0.0438. The smallest absolute Gasteiger partial charge is 0.410 e. The van der Waals surface area contributed by atoms with Crippen molar-refractivity contribution in [3.05, 3.63) is 119 Å². The molecule has 0 unspecified atom stereocenters. The first kappa shape index (κ1) is 66.1. The fourth-order valence-electron chi connectivity index (χ4n) is 9.71. The number of carbonyl (C=O) groups is 3. The Morgan fingerprint density at radius 1 is 0.667 bits per heavy atom. The number of aliphatic hydroxyl groups is 2. The third-order valence-electron chi connectivity index (χ3n) is 13.6. The molecular formula is C59H84F2N6O12S2. The molecule has 18 nitrogen and oxygen atoms in total. The minimum atomic E-state index is -3.98. The second kappa shape index (κ2) is 30.5. The Morgan fingerprint density at radius 2 is 1.14 bits per heavy atom. The molecule has 0 spiro atoms. The first-order valence-corrected chi connectivity index (χ1v) is 30.7. The van der Waals surface area contributed by atoms with Crippen molar-refractivity contribution in [2.45, 2.75) is 165 Å². The fourth-order valence-corrected chi connectivity index (χ4v) is 12.8. The van der Waals surface area contributed by atoms with E-state index < -0.39 is 85.7 Å². The number of unbranched alkanes of at least 4 members (excludes halogenated alkanes) is 4. The molecule has 0 bridgehead atoms. The zero-order valence-corrected chi connectivity index (χ0v) is 49.9. The molecule has 5 N–H and O–H groups in total. The van der Waals surface area contributed by atoms with Gasteiger partial charge in [0.2, 0.25) is 31.9 Å². The highest BCUT2D eigenvalue weighted by Gasteiger charge is 2.44. The van der Waals surface area contributed by atoms with Crippen molar-refractivity contribution in [2.24, 2.45) is 0 Å². The van der Waals surface area contributed by atoms with Crippen molar-refractivity contribution in [1.82, 2.24) is 29.5 Å². The molecule has 0 aromatic heterocycles. The van der Waals surface area contributed by atoms with Gasteiger partial charge < -0.3 is 40.4 Å². The van der Waals surface area contributed by atoms with Gasteiger partial charge in [0.05, 0.1) is 53.3 Å². The van der Waals surface area contributed by atoms with Gasteiger partial charge in [0.1, 0.15) is 28.7 Å². The second-order valence-electron chi connectivity index (χ2n) is 21.9. The van der Waals surface area contributed by atoms with Gasteiger partial charge in [-0.15, -0.1) is 0 Å². The van der Waals surface area contributed by atoms with Crippen molar-refractivity contribution in [3.63, 3.8) is 0 Å². The molecule has 22 heteroatoms. The van der Waals surface area contributed by atoms with Gasteiger partial charge in [-0.2, -0.15) is 8.61 Å². The lowest BCUT2D eigenvalue weighted by molar-refractivity contribution is -0.121. The van der Waals surface area contributed by atoms with E-state index in [1.165, 1.54) is 57.7 Å². The number of rotatable bonds is 24. The molecule has 0 aliphatic carbocycles. The Hall–Kier alpha value is -5.75. The van der Waals surface area contributed by atoms with E-state index in [4.69, 9.17) is 14.2 Å². The van der Waals surface area contributed by atoms with Gasteiger partial charge in [-0.05, 0) is 131 Å². The number of sulfonamides is 2. The van der Waals surface area contributed by atoms with Crippen LogP contribution in [0.15, 0.2) is 94.7 Å². The lowest BCUT2D eigenvalue weighted by Gasteiger charge is -2.44. The Kier molecular flexibility index (Phi) is 24.9. The van der Waals surface area contributed by atoms with Crippen LogP contribution >= 0.6 is 0 Å². The standard InChI is InChI=1S/C32H46FN3O7S.C27H38FN3O5S/c1-7-8-9-15-42-26-18-24(17-25(33)20-26)19-28(34-23(3)37)30(38)29-21-35(13-14-36(29)31(39)43-32(4,5)6)44(40,41)27-12-10-11-22(2)16-27;1-4-5-6-12-36-23-15-21(14-22(28)17-23)16-25(30-20(3)32)27(33)26-18-31(11-10-29-26)37(34,35)24-9-7-8-19(2)13-24/h10-12,16-18,20,28-30,38H,7-9,13-15,19,21H2,1-6H3,(H,34,37);7-9,13-15,17,25-27,29,33H,4-6,10-12,16,18H2,1-3H3,(H,30,32)/t28-,29+,30-;25-,26+,27-/m00/s1. The SMILES string of the molecule is CCCCCOc1cc(F)cc(C[C@H](NC(C)=O)[C@H](O)[C@H]2CN(S(=O)(=O)c3cccc(C)c3)CCN2)c1.CCCCCOc1cc(F)cc(C[C@H](NC(C)=O)[C@H](O)[C@H]2CN(S(=O)(=O)c3cccc(C)c3)CCN2C(=O)OC(C)(C)C)c1. The van der Waals surface area contributed by atoms with Crippen LogP contribution in [0.2, 0.25) is 0 Å². The van der Waals surface area contributed by atoms with Crippen molar-refractivity contribution < 1.29 is 64.4 Å². The molecule has 2 aliphatic rings. The lowest BCUT2D eigenvalue weighted by atomic mass is 9.94. The fraction of sp³-hybridized carbons (Fsp3) is 0.542. The summed E-state index contributed by atoms with van der Waals surface area (Å²) in [7, 11) is -7.73. The normalized spacial score (nSPS) is 17.9. The predicted molar refractivity (Wildman–Crippen MR) is 306 cm³/mol. The number of aliphatic hydroxyl groups excluding tert-OH is 2. The highest BCUT2D eigenvalue weighted by Crippen LogP contribution is 2.28. The van der Waals surface area contributed by atoms with E-state index >= 15 is 0 Å². The van der Waals surface area contributed by atoms with Crippen LogP contribution in [0.3, 0.4) is 0 Å². The van der Waals surface area contributed by atoms with E-state index in [0.29, 0.717) is 42.4 Å².